The number of nitrogens with zero attached hydrogens (tertiary/aromatic N) is 1. The average molecular weight is 327 g/mol. The predicted octanol–water partition coefficient (Wildman–Crippen LogP) is 2.74. The van der Waals surface area contributed by atoms with Gasteiger partial charge in [-0.05, 0) is 37.7 Å². The van der Waals surface area contributed by atoms with E-state index < -0.39 is 0 Å². The zero-order valence-electron chi connectivity index (χ0n) is 11.9. The molecule has 3 nitrogen and oxygen atoms in total. The van der Waals surface area contributed by atoms with E-state index in [-0.39, 0.29) is 6.10 Å². The highest BCUT2D eigenvalue weighted by Gasteiger charge is 2.32. The Morgan fingerprint density at radius 3 is 2.89 bits per heavy atom. The van der Waals surface area contributed by atoms with E-state index >= 15 is 0 Å². The molecule has 0 aromatic heterocycles. The molecule has 0 aliphatic carbocycles. The monoisotopic (exact) mass is 326 g/mol. The van der Waals surface area contributed by atoms with Crippen LogP contribution in [0.1, 0.15) is 24.1 Å². The molecule has 1 aliphatic rings. The third kappa shape index (κ3) is 3.37. The summed E-state index contributed by atoms with van der Waals surface area (Å²) in [4.78, 5) is 2.51. The molecule has 0 bridgehead atoms. The summed E-state index contributed by atoms with van der Waals surface area (Å²) in [5, 5.41) is 3.25. The van der Waals surface area contributed by atoms with Gasteiger partial charge in [-0.1, -0.05) is 35.0 Å². The molecule has 1 aromatic rings. The second-order valence-corrected chi connectivity index (χ2v) is 5.90. The Labute approximate surface area is 124 Å². The number of benzene rings is 1. The van der Waals surface area contributed by atoms with Gasteiger partial charge in [0.15, 0.2) is 0 Å². The molecule has 1 N–H and O–H groups in total. The van der Waals surface area contributed by atoms with Crippen LogP contribution < -0.4 is 5.32 Å². The smallest absolute Gasteiger partial charge is 0.0896 e. The lowest BCUT2D eigenvalue weighted by Gasteiger charge is -2.41. The van der Waals surface area contributed by atoms with Gasteiger partial charge >= 0.3 is 0 Å². The maximum atomic E-state index is 5.97. The molecule has 0 radical (unpaired) electrons. The van der Waals surface area contributed by atoms with E-state index in [1.54, 1.807) is 0 Å². The molecule has 1 heterocycles. The number of rotatable bonds is 4. The number of hydrogen-bond acceptors (Lipinski definition) is 3. The summed E-state index contributed by atoms with van der Waals surface area (Å²) in [6.07, 6.45) is 0.222. The average Bonchev–Trinajstić information content (AvgIpc) is 2.42. The lowest BCUT2D eigenvalue weighted by molar-refractivity contribution is -0.0686. The summed E-state index contributed by atoms with van der Waals surface area (Å²) < 4.78 is 7.14. The molecule has 0 amide bonds. The molecule has 2 rings (SSSR count). The lowest BCUT2D eigenvalue weighted by Crippen LogP contribution is -2.48. The number of likely N-dealkylation sites (N-methyl/N-ethyl adjacent to an activating group) is 2. The highest BCUT2D eigenvalue weighted by molar-refractivity contribution is 9.10. The summed E-state index contributed by atoms with van der Waals surface area (Å²) in [5.41, 5.74) is 2.63. The summed E-state index contributed by atoms with van der Waals surface area (Å²) >= 11 is 3.57. The minimum atomic E-state index is 0.222. The number of halogens is 1. The van der Waals surface area contributed by atoms with Gasteiger partial charge in [-0.15, -0.1) is 0 Å². The minimum Gasteiger partial charge on any atom is -0.374 e. The maximum Gasteiger partial charge on any atom is 0.0896 e. The number of morpholine rings is 1. The number of ether oxygens (including phenoxy) is 1. The van der Waals surface area contributed by atoms with E-state index in [4.69, 9.17) is 4.74 Å². The molecule has 0 spiro atoms. The van der Waals surface area contributed by atoms with Gasteiger partial charge in [-0.3, -0.25) is 4.90 Å². The van der Waals surface area contributed by atoms with Crippen LogP contribution in [0.5, 0.6) is 0 Å². The Hall–Kier alpha value is -0.420. The fourth-order valence-electron chi connectivity index (χ4n) is 2.79. The van der Waals surface area contributed by atoms with E-state index in [0.29, 0.717) is 6.04 Å². The SMILES string of the molecule is CCN1CCOC(CNC)C1c1ccc(Br)c(C)c1. The highest BCUT2D eigenvalue weighted by Crippen LogP contribution is 2.31. The predicted molar refractivity (Wildman–Crippen MR) is 82.5 cm³/mol. The molecule has 1 saturated heterocycles. The van der Waals surface area contributed by atoms with Crippen LogP contribution in [-0.2, 0) is 4.74 Å². The van der Waals surface area contributed by atoms with Gasteiger partial charge in [-0.2, -0.15) is 0 Å². The summed E-state index contributed by atoms with van der Waals surface area (Å²) in [7, 11) is 1.98. The molecule has 19 heavy (non-hydrogen) atoms. The van der Waals surface area contributed by atoms with Crippen LogP contribution in [0.4, 0.5) is 0 Å². The van der Waals surface area contributed by atoms with Crippen molar-refractivity contribution >= 4 is 15.9 Å². The van der Waals surface area contributed by atoms with E-state index in [2.05, 4.69) is 58.2 Å². The van der Waals surface area contributed by atoms with Crippen LogP contribution >= 0.6 is 15.9 Å². The molecular weight excluding hydrogens is 304 g/mol. The van der Waals surface area contributed by atoms with Gasteiger partial charge in [0.2, 0.25) is 0 Å². The molecule has 2 atom stereocenters. The maximum absolute atomic E-state index is 5.97. The molecule has 1 fully saturated rings. The van der Waals surface area contributed by atoms with Gasteiger partial charge in [0.25, 0.3) is 0 Å². The van der Waals surface area contributed by atoms with E-state index in [1.807, 2.05) is 7.05 Å². The van der Waals surface area contributed by atoms with Crippen molar-refractivity contribution in [3.05, 3.63) is 33.8 Å². The van der Waals surface area contributed by atoms with Gasteiger partial charge < -0.3 is 10.1 Å². The van der Waals surface area contributed by atoms with Crippen molar-refractivity contribution in [1.29, 1.82) is 0 Å². The largest absolute Gasteiger partial charge is 0.374 e. The topological polar surface area (TPSA) is 24.5 Å². The zero-order chi connectivity index (χ0) is 13.8. The molecule has 2 unspecified atom stereocenters. The first kappa shape index (κ1) is 15.0. The van der Waals surface area contributed by atoms with Crippen molar-refractivity contribution < 1.29 is 4.74 Å². The molecule has 1 aliphatic heterocycles. The summed E-state index contributed by atoms with van der Waals surface area (Å²) in [6, 6.07) is 6.97. The molecule has 4 heteroatoms. The number of hydrogen-bond donors (Lipinski definition) is 1. The first-order chi connectivity index (χ1) is 9.17. The second-order valence-electron chi connectivity index (χ2n) is 5.05. The van der Waals surface area contributed by atoms with Crippen molar-refractivity contribution in [2.75, 3.05) is 33.3 Å². The van der Waals surface area contributed by atoms with E-state index in [9.17, 15) is 0 Å². The van der Waals surface area contributed by atoms with Gasteiger partial charge in [0, 0.05) is 17.6 Å². The third-order valence-electron chi connectivity index (χ3n) is 3.79. The van der Waals surface area contributed by atoms with E-state index in [1.165, 1.54) is 15.6 Å². The van der Waals surface area contributed by atoms with Crippen LogP contribution in [0, 0.1) is 6.92 Å². The van der Waals surface area contributed by atoms with Crippen LogP contribution in [0.2, 0.25) is 0 Å². The second kappa shape index (κ2) is 6.84. The van der Waals surface area contributed by atoms with E-state index in [0.717, 1.165) is 26.2 Å². The van der Waals surface area contributed by atoms with Gasteiger partial charge in [0.05, 0.1) is 18.8 Å². The van der Waals surface area contributed by atoms with Gasteiger partial charge in [-0.25, -0.2) is 0 Å². The van der Waals surface area contributed by atoms with Crippen LogP contribution in [-0.4, -0.2) is 44.3 Å². The third-order valence-corrected chi connectivity index (χ3v) is 4.68. The first-order valence-electron chi connectivity index (χ1n) is 6.93. The fourth-order valence-corrected chi connectivity index (χ4v) is 3.04. The fraction of sp³-hybridized carbons (Fsp3) is 0.600. The Bertz CT molecular complexity index is 423. The lowest BCUT2D eigenvalue weighted by atomic mass is 9.96. The van der Waals surface area contributed by atoms with Crippen molar-refractivity contribution in [3.8, 4) is 0 Å². The zero-order valence-corrected chi connectivity index (χ0v) is 13.5. The Morgan fingerprint density at radius 1 is 1.47 bits per heavy atom. The Morgan fingerprint density at radius 2 is 2.26 bits per heavy atom. The number of aryl methyl sites for hydroxylation is 1. The van der Waals surface area contributed by atoms with Crippen molar-refractivity contribution in [2.24, 2.45) is 0 Å². The van der Waals surface area contributed by atoms with Crippen molar-refractivity contribution in [3.63, 3.8) is 0 Å². The van der Waals surface area contributed by atoms with Crippen LogP contribution in [0.15, 0.2) is 22.7 Å². The first-order valence-corrected chi connectivity index (χ1v) is 7.73. The number of nitrogens with one attached hydrogen (secondary N) is 1. The molecular formula is C15H23BrN2O. The standard InChI is InChI=1S/C15H23BrN2O/c1-4-18-7-8-19-14(10-17-3)15(18)12-5-6-13(16)11(2)9-12/h5-6,9,14-15,17H,4,7-8,10H2,1-3H3. The molecule has 1 aromatic carbocycles. The molecule has 106 valence electrons. The summed E-state index contributed by atoms with van der Waals surface area (Å²) in [5.74, 6) is 0. The van der Waals surface area contributed by atoms with Crippen molar-refractivity contribution in [1.82, 2.24) is 10.2 Å². The van der Waals surface area contributed by atoms with Gasteiger partial charge in [0.1, 0.15) is 0 Å². The summed E-state index contributed by atoms with van der Waals surface area (Å²) in [6.45, 7) is 8.14. The van der Waals surface area contributed by atoms with Crippen molar-refractivity contribution in [2.45, 2.75) is 26.0 Å². The molecule has 0 saturated carbocycles. The highest BCUT2D eigenvalue weighted by atomic mass is 79.9. The minimum absolute atomic E-state index is 0.222. The van der Waals surface area contributed by atoms with Crippen LogP contribution in [0.3, 0.4) is 0 Å². The normalized spacial score (nSPS) is 24.6. The Balaban J connectivity index is 2.30. The quantitative estimate of drug-likeness (QED) is 0.920. The Kier molecular flexibility index (Phi) is 5.39. The van der Waals surface area contributed by atoms with Crippen LogP contribution in [0.25, 0.3) is 0 Å².